The van der Waals surface area contributed by atoms with Crippen molar-refractivity contribution in [2.24, 2.45) is 5.92 Å². The molecule has 1 aliphatic rings. The van der Waals surface area contributed by atoms with E-state index in [1.807, 2.05) is 13.8 Å². The molecular weight excluding hydrogens is 169 g/mol. The van der Waals surface area contributed by atoms with Crippen LogP contribution in [0.3, 0.4) is 0 Å². The SMILES string of the molecule is CCC(C)C(=O)N1CCCC(F)C1. The van der Waals surface area contributed by atoms with Crippen molar-refractivity contribution in [3.63, 3.8) is 0 Å². The van der Waals surface area contributed by atoms with Crippen molar-refractivity contribution in [3.05, 3.63) is 0 Å². The van der Waals surface area contributed by atoms with Gasteiger partial charge < -0.3 is 4.90 Å². The van der Waals surface area contributed by atoms with E-state index in [-0.39, 0.29) is 11.8 Å². The summed E-state index contributed by atoms with van der Waals surface area (Å²) in [7, 11) is 0. The van der Waals surface area contributed by atoms with Crippen molar-refractivity contribution in [1.82, 2.24) is 4.90 Å². The van der Waals surface area contributed by atoms with Crippen molar-refractivity contribution in [3.8, 4) is 0 Å². The van der Waals surface area contributed by atoms with E-state index in [0.717, 1.165) is 19.4 Å². The molecule has 0 aromatic rings. The Labute approximate surface area is 79.1 Å². The molecule has 2 atom stereocenters. The summed E-state index contributed by atoms with van der Waals surface area (Å²) in [5, 5.41) is 0. The summed E-state index contributed by atoms with van der Waals surface area (Å²) in [4.78, 5) is 13.3. The van der Waals surface area contributed by atoms with Crippen molar-refractivity contribution < 1.29 is 9.18 Å². The number of likely N-dealkylation sites (tertiary alicyclic amines) is 1. The molecule has 2 unspecified atom stereocenters. The number of piperidine rings is 1. The average Bonchev–Trinajstić information content (AvgIpc) is 2.15. The van der Waals surface area contributed by atoms with E-state index in [4.69, 9.17) is 0 Å². The molecule has 1 heterocycles. The summed E-state index contributed by atoms with van der Waals surface area (Å²) in [6, 6.07) is 0. The number of hydrogen-bond donors (Lipinski definition) is 0. The standard InChI is InChI=1S/C10H18FNO/c1-3-8(2)10(13)12-6-4-5-9(11)7-12/h8-9H,3-7H2,1-2H3. The molecule has 0 radical (unpaired) electrons. The largest absolute Gasteiger partial charge is 0.340 e. The Hall–Kier alpha value is -0.600. The van der Waals surface area contributed by atoms with E-state index in [2.05, 4.69) is 0 Å². The number of amides is 1. The van der Waals surface area contributed by atoms with E-state index in [1.165, 1.54) is 0 Å². The molecule has 1 rings (SSSR count). The first-order valence-corrected chi connectivity index (χ1v) is 5.08. The number of nitrogens with zero attached hydrogens (tertiary/aromatic N) is 1. The number of alkyl halides is 1. The second-order valence-electron chi connectivity index (χ2n) is 3.83. The van der Waals surface area contributed by atoms with E-state index >= 15 is 0 Å². The van der Waals surface area contributed by atoms with Gasteiger partial charge in [0.2, 0.25) is 5.91 Å². The molecule has 2 nitrogen and oxygen atoms in total. The predicted octanol–water partition coefficient (Wildman–Crippen LogP) is 1.99. The minimum absolute atomic E-state index is 0.0466. The lowest BCUT2D eigenvalue weighted by atomic mass is 10.0. The second kappa shape index (κ2) is 4.58. The molecular formula is C10H18FNO. The van der Waals surface area contributed by atoms with Crippen LogP contribution < -0.4 is 0 Å². The highest BCUT2D eigenvalue weighted by Crippen LogP contribution is 2.16. The van der Waals surface area contributed by atoms with Crippen LogP contribution in [0.15, 0.2) is 0 Å². The lowest BCUT2D eigenvalue weighted by molar-refractivity contribution is -0.137. The number of carbonyl (C=O) groups excluding carboxylic acids is 1. The van der Waals surface area contributed by atoms with Crippen LogP contribution in [-0.2, 0) is 4.79 Å². The number of halogens is 1. The highest BCUT2D eigenvalue weighted by atomic mass is 19.1. The van der Waals surface area contributed by atoms with Crippen LogP contribution in [0, 0.1) is 5.92 Å². The van der Waals surface area contributed by atoms with E-state index < -0.39 is 6.17 Å². The molecule has 1 fully saturated rings. The first kappa shape index (κ1) is 10.5. The molecule has 0 aromatic heterocycles. The van der Waals surface area contributed by atoms with Crippen LogP contribution in [0.2, 0.25) is 0 Å². The van der Waals surface area contributed by atoms with Crippen LogP contribution in [0.4, 0.5) is 4.39 Å². The number of carbonyl (C=O) groups is 1. The van der Waals surface area contributed by atoms with Gasteiger partial charge >= 0.3 is 0 Å². The molecule has 0 saturated carbocycles. The van der Waals surface area contributed by atoms with Crippen LogP contribution >= 0.6 is 0 Å². The lowest BCUT2D eigenvalue weighted by Crippen LogP contribution is -2.43. The minimum Gasteiger partial charge on any atom is -0.340 e. The number of rotatable bonds is 2. The summed E-state index contributed by atoms with van der Waals surface area (Å²) in [5.74, 6) is 0.162. The van der Waals surface area contributed by atoms with Gasteiger partial charge in [-0.2, -0.15) is 0 Å². The molecule has 1 amide bonds. The van der Waals surface area contributed by atoms with Crippen molar-refractivity contribution in [2.75, 3.05) is 13.1 Å². The smallest absolute Gasteiger partial charge is 0.225 e. The van der Waals surface area contributed by atoms with Crippen LogP contribution in [0.5, 0.6) is 0 Å². The molecule has 0 aliphatic carbocycles. The first-order chi connectivity index (χ1) is 6.15. The zero-order valence-electron chi connectivity index (χ0n) is 8.42. The minimum atomic E-state index is -0.804. The fourth-order valence-electron chi connectivity index (χ4n) is 1.61. The maximum atomic E-state index is 13.0. The topological polar surface area (TPSA) is 20.3 Å². The normalized spacial score (nSPS) is 25.8. The van der Waals surface area contributed by atoms with E-state index in [9.17, 15) is 9.18 Å². The Morgan fingerprint density at radius 2 is 2.38 bits per heavy atom. The van der Waals surface area contributed by atoms with Gasteiger partial charge in [-0.05, 0) is 19.3 Å². The van der Waals surface area contributed by atoms with Gasteiger partial charge in [0.05, 0.1) is 6.54 Å². The molecule has 13 heavy (non-hydrogen) atoms. The van der Waals surface area contributed by atoms with E-state index in [1.54, 1.807) is 4.90 Å². The molecule has 1 aliphatic heterocycles. The summed E-state index contributed by atoms with van der Waals surface area (Å²) >= 11 is 0. The third-order valence-corrected chi connectivity index (χ3v) is 2.71. The zero-order valence-corrected chi connectivity index (χ0v) is 8.42. The third kappa shape index (κ3) is 2.68. The molecule has 0 bridgehead atoms. The van der Waals surface area contributed by atoms with Crippen molar-refractivity contribution >= 4 is 5.91 Å². The Morgan fingerprint density at radius 1 is 1.69 bits per heavy atom. The monoisotopic (exact) mass is 187 g/mol. The van der Waals surface area contributed by atoms with Gasteiger partial charge in [0.25, 0.3) is 0 Å². The Morgan fingerprint density at radius 3 is 2.92 bits per heavy atom. The Balaban J connectivity index is 2.46. The second-order valence-corrected chi connectivity index (χ2v) is 3.83. The quantitative estimate of drug-likeness (QED) is 0.647. The fraction of sp³-hybridized carbons (Fsp3) is 0.900. The van der Waals surface area contributed by atoms with Crippen LogP contribution in [0.25, 0.3) is 0 Å². The predicted molar refractivity (Wildman–Crippen MR) is 50.2 cm³/mol. The zero-order chi connectivity index (χ0) is 9.84. The third-order valence-electron chi connectivity index (χ3n) is 2.71. The Kier molecular flexibility index (Phi) is 3.70. The van der Waals surface area contributed by atoms with Gasteiger partial charge in [-0.3, -0.25) is 4.79 Å². The first-order valence-electron chi connectivity index (χ1n) is 5.08. The van der Waals surface area contributed by atoms with Gasteiger partial charge in [0, 0.05) is 12.5 Å². The molecule has 1 saturated heterocycles. The van der Waals surface area contributed by atoms with Crippen molar-refractivity contribution in [1.29, 1.82) is 0 Å². The summed E-state index contributed by atoms with van der Waals surface area (Å²) in [5.41, 5.74) is 0. The molecule has 76 valence electrons. The fourth-order valence-corrected chi connectivity index (χ4v) is 1.61. The summed E-state index contributed by atoms with van der Waals surface area (Å²) in [6.45, 7) is 4.94. The van der Waals surface area contributed by atoms with Gasteiger partial charge in [-0.1, -0.05) is 13.8 Å². The van der Waals surface area contributed by atoms with E-state index in [0.29, 0.717) is 13.0 Å². The molecule has 3 heteroatoms. The van der Waals surface area contributed by atoms with Gasteiger partial charge in [-0.25, -0.2) is 4.39 Å². The number of hydrogen-bond acceptors (Lipinski definition) is 1. The van der Waals surface area contributed by atoms with Crippen molar-refractivity contribution in [2.45, 2.75) is 39.3 Å². The Bertz CT molecular complexity index is 184. The lowest BCUT2D eigenvalue weighted by Gasteiger charge is -2.30. The maximum Gasteiger partial charge on any atom is 0.225 e. The molecule has 0 aromatic carbocycles. The highest BCUT2D eigenvalue weighted by molar-refractivity contribution is 5.78. The average molecular weight is 187 g/mol. The maximum absolute atomic E-state index is 13.0. The molecule has 0 spiro atoms. The molecule has 0 N–H and O–H groups in total. The van der Waals surface area contributed by atoms with Gasteiger partial charge in [-0.15, -0.1) is 0 Å². The van der Waals surface area contributed by atoms with Crippen LogP contribution in [-0.4, -0.2) is 30.1 Å². The van der Waals surface area contributed by atoms with Crippen LogP contribution in [0.1, 0.15) is 33.1 Å². The highest BCUT2D eigenvalue weighted by Gasteiger charge is 2.25. The van der Waals surface area contributed by atoms with Gasteiger partial charge in [0.15, 0.2) is 0 Å². The summed E-state index contributed by atoms with van der Waals surface area (Å²) in [6.07, 6.45) is 1.46. The summed E-state index contributed by atoms with van der Waals surface area (Å²) < 4.78 is 13.0. The van der Waals surface area contributed by atoms with Gasteiger partial charge in [0.1, 0.15) is 6.17 Å².